The summed E-state index contributed by atoms with van der Waals surface area (Å²) in [4.78, 5) is 10.9. The molecule has 1 aromatic rings. The molecule has 1 aromatic carbocycles. The molecule has 1 aliphatic rings. The Morgan fingerprint density at radius 1 is 1.16 bits per heavy atom. The molecule has 1 saturated carbocycles. The van der Waals surface area contributed by atoms with Crippen molar-refractivity contribution < 1.29 is 19.0 Å². The van der Waals surface area contributed by atoms with Gasteiger partial charge in [-0.1, -0.05) is 12.8 Å². The van der Waals surface area contributed by atoms with Crippen molar-refractivity contribution >= 4 is 6.29 Å². The van der Waals surface area contributed by atoms with E-state index in [0.717, 1.165) is 6.29 Å². The van der Waals surface area contributed by atoms with Crippen molar-refractivity contribution in [2.75, 3.05) is 20.8 Å². The lowest BCUT2D eigenvalue weighted by Gasteiger charge is -2.17. The van der Waals surface area contributed by atoms with Gasteiger partial charge in [0.25, 0.3) is 0 Å². The molecule has 0 unspecified atom stereocenters. The molecule has 4 nitrogen and oxygen atoms in total. The molecule has 0 N–H and O–H groups in total. The third-order valence-corrected chi connectivity index (χ3v) is 3.56. The number of aldehydes is 1. The second-order valence-corrected chi connectivity index (χ2v) is 4.83. The first-order chi connectivity index (χ1) is 9.28. The zero-order valence-electron chi connectivity index (χ0n) is 11.5. The van der Waals surface area contributed by atoms with Crippen LogP contribution in [0.3, 0.4) is 0 Å². The summed E-state index contributed by atoms with van der Waals surface area (Å²) in [6, 6.07) is 3.33. The van der Waals surface area contributed by atoms with Crippen molar-refractivity contribution in [2.24, 2.45) is 5.92 Å². The van der Waals surface area contributed by atoms with Crippen LogP contribution < -0.4 is 14.2 Å². The first-order valence-electron chi connectivity index (χ1n) is 6.62. The molecule has 0 atom stereocenters. The number of carbonyl (C=O) groups excluding carboxylic acids is 1. The number of benzene rings is 1. The fourth-order valence-corrected chi connectivity index (χ4v) is 2.49. The van der Waals surface area contributed by atoms with Crippen LogP contribution in [0.4, 0.5) is 0 Å². The van der Waals surface area contributed by atoms with E-state index in [2.05, 4.69) is 0 Å². The maximum atomic E-state index is 10.9. The lowest BCUT2D eigenvalue weighted by Crippen LogP contribution is -2.09. The van der Waals surface area contributed by atoms with Crippen molar-refractivity contribution in [1.82, 2.24) is 0 Å². The monoisotopic (exact) mass is 264 g/mol. The molecule has 0 saturated heterocycles. The Morgan fingerprint density at radius 3 is 2.21 bits per heavy atom. The quantitative estimate of drug-likeness (QED) is 0.741. The molecule has 0 heterocycles. The van der Waals surface area contributed by atoms with E-state index < -0.39 is 0 Å². The minimum atomic E-state index is 0.516. The maximum Gasteiger partial charge on any atom is 0.203 e. The van der Waals surface area contributed by atoms with Crippen LogP contribution >= 0.6 is 0 Å². The zero-order chi connectivity index (χ0) is 13.7. The fraction of sp³-hybridized carbons (Fsp3) is 0.533. The highest BCUT2D eigenvalue weighted by atomic mass is 16.5. The number of hydrogen-bond donors (Lipinski definition) is 0. The second kappa shape index (κ2) is 6.45. The second-order valence-electron chi connectivity index (χ2n) is 4.83. The smallest absolute Gasteiger partial charge is 0.203 e. The molecule has 0 spiro atoms. The maximum absolute atomic E-state index is 10.9. The number of rotatable bonds is 6. The Morgan fingerprint density at radius 2 is 1.74 bits per heavy atom. The van der Waals surface area contributed by atoms with Crippen LogP contribution in [0.25, 0.3) is 0 Å². The molecule has 0 aromatic heterocycles. The SMILES string of the molecule is COc1cc(C=O)cc(OC)c1OCC1CCCC1. The molecule has 2 rings (SSSR count). The standard InChI is InChI=1S/C15H20O4/c1-17-13-7-12(9-16)8-14(18-2)15(13)19-10-11-5-3-4-6-11/h7-9,11H,3-6,10H2,1-2H3. The van der Waals surface area contributed by atoms with Crippen molar-refractivity contribution in [3.05, 3.63) is 17.7 Å². The number of methoxy groups -OCH3 is 2. The molecule has 1 fully saturated rings. The van der Waals surface area contributed by atoms with E-state index in [9.17, 15) is 4.79 Å². The van der Waals surface area contributed by atoms with Gasteiger partial charge < -0.3 is 14.2 Å². The van der Waals surface area contributed by atoms with E-state index in [-0.39, 0.29) is 0 Å². The Balaban J connectivity index is 2.18. The Hall–Kier alpha value is -1.71. The van der Waals surface area contributed by atoms with Gasteiger partial charge in [-0.25, -0.2) is 0 Å². The molecule has 0 bridgehead atoms. The highest BCUT2D eigenvalue weighted by molar-refractivity contribution is 5.78. The van der Waals surface area contributed by atoms with Gasteiger partial charge in [-0.05, 0) is 30.9 Å². The number of carbonyl (C=O) groups is 1. The molecule has 104 valence electrons. The van der Waals surface area contributed by atoms with Crippen LogP contribution in [0.15, 0.2) is 12.1 Å². The van der Waals surface area contributed by atoms with Gasteiger partial charge in [0.15, 0.2) is 11.5 Å². The molecular weight excluding hydrogens is 244 g/mol. The summed E-state index contributed by atoms with van der Waals surface area (Å²) in [7, 11) is 3.12. The first-order valence-corrected chi connectivity index (χ1v) is 6.62. The molecule has 0 radical (unpaired) electrons. The minimum Gasteiger partial charge on any atom is -0.493 e. The predicted octanol–water partition coefficient (Wildman–Crippen LogP) is 3.09. The average molecular weight is 264 g/mol. The van der Waals surface area contributed by atoms with Crippen molar-refractivity contribution in [1.29, 1.82) is 0 Å². The van der Waals surface area contributed by atoms with E-state index in [1.54, 1.807) is 26.4 Å². The Kier molecular flexibility index (Phi) is 4.66. The summed E-state index contributed by atoms with van der Waals surface area (Å²) < 4.78 is 16.4. The summed E-state index contributed by atoms with van der Waals surface area (Å²) in [5, 5.41) is 0. The fourth-order valence-electron chi connectivity index (χ4n) is 2.49. The van der Waals surface area contributed by atoms with Crippen LogP contribution in [-0.4, -0.2) is 27.1 Å². The summed E-state index contributed by atoms with van der Waals surface area (Å²) >= 11 is 0. The van der Waals surface area contributed by atoms with Gasteiger partial charge in [-0.3, -0.25) is 4.79 Å². The van der Waals surface area contributed by atoms with E-state index in [1.165, 1.54) is 25.7 Å². The third kappa shape index (κ3) is 3.19. The van der Waals surface area contributed by atoms with Crippen LogP contribution in [0.5, 0.6) is 17.2 Å². The van der Waals surface area contributed by atoms with Gasteiger partial charge in [0.2, 0.25) is 5.75 Å². The van der Waals surface area contributed by atoms with Gasteiger partial charge >= 0.3 is 0 Å². The predicted molar refractivity (Wildman–Crippen MR) is 72.4 cm³/mol. The van der Waals surface area contributed by atoms with Gasteiger partial charge in [-0.2, -0.15) is 0 Å². The lowest BCUT2D eigenvalue weighted by atomic mass is 10.1. The highest BCUT2D eigenvalue weighted by Crippen LogP contribution is 2.39. The summed E-state index contributed by atoms with van der Waals surface area (Å²) in [5.74, 6) is 2.28. The molecule has 0 aliphatic heterocycles. The summed E-state index contributed by atoms with van der Waals surface area (Å²) in [6.07, 6.45) is 5.78. The largest absolute Gasteiger partial charge is 0.493 e. The van der Waals surface area contributed by atoms with Crippen molar-refractivity contribution in [3.8, 4) is 17.2 Å². The third-order valence-electron chi connectivity index (χ3n) is 3.56. The topological polar surface area (TPSA) is 44.8 Å². The minimum absolute atomic E-state index is 0.516. The van der Waals surface area contributed by atoms with Gasteiger partial charge in [-0.15, -0.1) is 0 Å². The molecule has 19 heavy (non-hydrogen) atoms. The Bertz CT molecular complexity index is 411. The van der Waals surface area contributed by atoms with Gasteiger partial charge in [0.05, 0.1) is 20.8 Å². The molecule has 1 aliphatic carbocycles. The van der Waals surface area contributed by atoms with Crippen LogP contribution in [-0.2, 0) is 0 Å². The Labute approximate surface area is 113 Å². The summed E-state index contributed by atoms with van der Waals surface area (Å²) in [5.41, 5.74) is 0.516. The molecular formula is C15H20O4. The number of ether oxygens (including phenoxy) is 3. The van der Waals surface area contributed by atoms with E-state index in [4.69, 9.17) is 14.2 Å². The molecule has 0 amide bonds. The van der Waals surface area contributed by atoms with Crippen LogP contribution in [0, 0.1) is 5.92 Å². The molecule has 4 heteroatoms. The van der Waals surface area contributed by atoms with Gasteiger partial charge in [0, 0.05) is 5.56 Å². The van der Waals surface area contributed by atoms with Crippen molar-refractivity contribution in [3.63, 3.8) is 0 Å². The van der Waals surface area contributed by atoms with Crippen molar-refractivity contribution in [2.45, 2.75) is 25.7 Å². The van der Waals surface area contributed by atoms with Crippen LogP contribution in [0.1, 0.15) is 36.0 Å². The zero-order valence-corrected chi connectivity index (χ0v) is 11.5. The first kappa shape index (κ1) is 13.7. The van der Waals surface area contributed by atoms with Crippen LogP contribution in [0.2, 0.25) is 0 Å². The van der Waals surface area contributed by atoms with E-state index in [1.807, 2.05) is 0 Å². The normalized spacial score (nSPS) is 15.3. The lowest BCUT2D eigenvalue weighted by molar-refractivity contribution is 0.112. The van der Waals surface area contributed by atoms with Gasteiger partial charge in [0.1, 0.15) is 6.29 Å². The van der Waals surface area contributed by atoms with E-state index >= 15 is 0 Å². The highest BCUT2D eigenvalue weighted by Gasteiger charge is 2.19. The van der Waals surface area contributed by atoms with E-state index in [0.29, 0.717) is 35.3 Å². The number of hydrogen-bond acceptors (Lipinski definition) is 4. The average Bonchev–Trinajstić information content (AvgIpc) is 2.97. The summed E-state index contributed by atoms with van der Waals surface area (Å²) in [6.45, 7) is 0.674.